The monoisotopic (exact) mass is 707 g/mol. The van der Waals surface area contributed by atoms with E-state index in [0.717, 1.165) is 77.0 Å². The molecule has 2 amide bonds. The number of benzene rings is 2. The van der Waals surface area contributed by atoms with Gasteiger partial charge >= 0.3 is 0 Å². The summed E-state index contributed by atoms with van der Waals surface area (Å²) in [6, 6.07) is 21.2. The minimum atomic E-state index is 0.123. The summed E-state index contributed by atoms with van der Waals surface area (Å²) in [5, 5.41) is 0. The molecule has 3 saturated carbocycles. The fraction of sp³-hybridized carbons (Fsp3) is 0.652. The second-order valence-electron chi connectivity index (χ2n) is 18.0. The molecular formula is C46H66N4O2. The van der Waals surface area contributed by atoms with E-state index >= 15 is 0 Å². The lowest BCUT2D eigenvalue weighted by molar-refractivity contribution is -0.134. The van der Waals surface area contributed by atoms with Gasteiger partial charge in [0.05, 0.1) is 0 Å². The van der Waals surface area contributed by atoms with Crippen molar-refractivity contribution in [3.05, 3.63) is 72.8 Å². The summed E-state index contributed by atoms with van der Waals surface area (Å²) < 4.78 is 0. The molecule has 6 heteroatoms. The highest BCUT2D eigenvalue weighted by Gasteiger charge is 2.60. The van der Waals surface area contributed by atoms with Crippen LogP contribution in [0.2, 0.25) is 0 Å². The quantitative estimate of drug-likeness (QED) is 0.232. The predicted molar refractivity (Wildman–Crippen MR) is 214 cm³/mol. The lowest BCUT2D eigenvalue weighted by Crippen LogP contribution is -2.53. The molecule has 0 spiro atoms. The Kier molecular flexibility index (Phi) is 11.1. The molecule has 3 aliphatic carbocycles. The SMILES string of the molecule is C=C(C)C1CC[C@H]2[C@@H]3CC[C@H]([C@H](C)CCC(=O)N4CCN(c5ccccc5)CC4)[C@@]3(C)CC[C@@H]2[C@@]1(C)CCC(=O)N1CCN(c2ccccc2)CC1. The molecule has 52 heavy (non-hydrogen) atoms. The Morgan fingerprint density at radius 2 is 1.25 bits per heavy atom. The summed E-state index contributed by atoms with van der Waals surface area (Å²) in [6.07, 6.45) is 11.1. The van der Waals surface area contributed by atoms with Crippen molar-refractivity contribution < 1.29 is 9.59 Å². The summed E-state index contributed by atoms with van der Waals surface area (Å²) in [5.41, 5.74) is 4.32. The molecule has 7 rings (SSSR count). The number of nitrogens with zero attached hydrogens (tertiary/aromatic N) is 4. The van der Waals surface area contributed by atoms with Crippen LogP contribution in [0.25, 0.3) is 0 Å². The number of carbonyl (C=O) groups excluding carboxylic acids is 2. The van der Waals surface area contributed by atoms with Crippen LogP contribution in [0.5, 0.6) is 0 Å². The maximum atomic E-state index is 13.8. The van der Waals surface area contributed by atoms with Gasteiger partial charge in [0.1, 0.15) is 0 Å². The van der Waals surface area contributed by atoms with Gasteiger partial charge in [-0.25, -0.2) is 0 Å². The van der Waals surface area contributed by atoms with Gasteiger partial charge in [0.15, 0.2) is 0 Å². The molecule has 5 aliphatic rings. The highest BCUT2D eigenvalue weighted by Crippen LogP contribution is 2.68. The van der Waals surface area contributed by atoms with E-state index in [1.165, 1.54) is 55.5 Å². The molecule has 0 aromatic heterocycles. The molecule has 6 nitrogen and oxygen atoms in total. The largest absolute Gasteiger partial charge is 0.368 e. The van der Waals surface area contributed by atoms with Crippen LogP contribution in [0.4, 0.5) is 11.4 Å². The Balaban J connectivity index is 0.937. The summed E-state index contributed by atoms with van der Waals surface area (Å²) in [4.78, 5) is 36.2. The van der Waals surface area contributed by atoms with Gasteiger partial charge in [-0.05, 0) is 129 Å². The summed E-state index contributed by atoms with van der Waals surface area (Å²) >= 11 is 0. The van der Waals surface area contributed by atoms with Gasteiger partial charge in [0.25, 0.3) is 0 Å². The van der Waals surface area contributed by atoms with Crippen LogP contribution in [0.1, 0.15) is 91.9 Å². The van der Waals surface area contributed by atoms with E-state index in [2.05, 4.69) is 115 Å². The van der Waals surface area contributed by atoms with Gasteiger partial charge in [-0.1, -0.05) is 69.3 Å². The van der Waals surface area contributed by atoms with Crippen molar-refractivity contribution >= 4 is 23.2 Å². The van der Waals surface area contributed by atoms with Crippen LogP contribution in [-0.4, -0.2) is 74.0 Å². The number of anilines is 2. The summed E-state index contributed by atoms with van der Waals surface area (Å²) in [5.74, 6) is 4.62. The highest BCUT2D eigenvalue weighted by molar-refractivity contribution is 5.77. The number of para-hydroxylation sites is 2. The Bertz CT molecular complexity index is 1530. The minimum absolute atomic E-state index is 0.123. The van der Waals surface area contributed by atoms with Crippen molar-refractivity contribution in [1.29, 1.82) is 0 Å². The van der Waals surface area contributed by atoms with Crippen LogP contribution in [0.15, 0.2) is 72.8 Å². The number of rotatable bonds is 10. The first kappa shape index (κ1) is 37.1. The molecule has 0 N–H and O–H groups in total. The van der Waals surface area contributed by atoms with Crippen LogP contribution in [0, 0.1) is 46.3 Å². The van der Waals surface area contributed by atoms with E-state index < -0.39 is 0 Å². The van der Waals surface area contributed by atoms with Gasteiger partial charge in [-0.3, -0.25) is 9.59 Å². The lowest BCUT2D eigenvalue weighted by Gasteiger charge is -2.60. The number of carbonyl (C=O) groups is 2. The highest BCUT2D eigenvalue weighted by atomic mass is 16.2. The topological polar surface area (TPSA) is 47.1 Å². The van der Waals surface area contributed by atoms with Gasteiger partial charge in [0.2, 0.25) is 11.8 Å². The third-order valence-corrected chi connectivity index (χ3v) is 15.4. The van der Waals surface area contributed by atoms with E-state index in [9.17, 15) is 9.59 Å². The van der Waals surface area contributed by atoms with E-state index in [1.807, 2.05) is 0 Å². The smallest absolute Gasteiger partial charge is 0.222 e. The van der Waals surface area contributed by atoms with Gasteiger partial charge in [0, 0.05) is 76.6 Å². The van der Waals surface area contributed by atoms with Crippen LogP contribution in [-0.2, 0) is 9.59 Å². The van der Waals surface area contributed by atoms with Crippen molar-refractivity contribution in [2.45, 2.75) is 91.9 Å². The molecule has 2 aliphatic heterocycles. The number of piperazine rings is 2. The Hall–Kier alpha value is -3.28. The van der Waals surface area contributed by atoms with Crippen LogP contribution >= 0.6 is 0 Å². The van der Waals surface area contributed by atoms with E-state index in [4.69, 9.17) is 0 Å². The Morgan fingerprint density at radius 1 is 0.712 bits per heavy atom. The maximum absolute atomic E-state index is 13.8. The number of allylic oxidation sites excluding steroid dienone is 1. The molecule has 1 unspecified atom stereocenters. The number of fused-ring (bicyclic) bond motifs is 3. The molecule has 2 heterocycles. The molecule has 0 radical (unpaired) electrons. The number of hydrogen-bond acceptors (Lipinski definition) is 4. The van der Waals surface area contributed by atoms with Crippen molar-refractivity contribution in [1.82, 2.24) is 9.80 Å². The van der Waals surface area contributed by atoms with E-state index in [1.54, 1.807) is 0 Å². The van der Waals surface area contributed by atoms with Crippen molar-refractivity contribution in [3.8, 4) is 0 Å². The lowest BCUT2D eigenvalue weighted by atomic mass is 9.45. The second kappa shape index (κ2) is 15.6. The van der Waals surface area contributed by atoms with Gasteiger partial charge in [-0.2, -0.15) is 0 Å². The molecule has 2 saturated heterocycles. The van der Waals surface area contributed by atoms with Crippen molar-refractivity contribution in [2.75, 3.05) is 62.2 Å². The van der Waals surface area contributed by atoms with E-state index in [-0.39, 0.29) is 5.41 Å². The third kappa shape index (κ3) is 7.29. The summed E-state index contributed by atoms with van der Waals surface area (Å²) in [7, 11) is 0. The summed E-state index contributed by atoms with van der Waals surface area (Å²) in [6.45, 7) is 21.4. The van der Waals surface area contributed by atoms with Crippen molar-refractivity contribution in [3.63, 3.8) is 0 Å². The predicted octanol–water partition coefficient (Wildman–Crippen LogP) is 8.93. The average molecular weight is 707 g/mol. The normalized spacial score (nSPS) is 32.6. The molecule has 0 bridgehead atoms. The maximum Gasteiger partial charge on any atom is 0.222 e. The first-order valence-corrected chi connectivity index (χ1v) is 20.9. The zero-order valence-corrected chi connectivity index (χ0v) is 32.8. The fourth-order valence-corrected chi connectivity index (χ4v) is 12.6. The average Bonchev–Trinajstić information content (AvgIpc) is 3.54. The molecule has 2 aromatic rings. The first-order chi connectivity index (χ1) is 25.1. The van der Waals surface area contributed by atoms with Crippen LogP contribution in [0.3, 0.4) is 0 Å². The molecule has 5 fully saturated rings. The van der Waals surface area contributed by atoms with E-state index in [0.29, 0.717) is 53.7 Å². The number of hydrogen-bond donors (Lipinski definition) is 0. The Morgan fingerprint density at radius 3 is 1.79 bits per heavy atom. The van der Waals surface area contributed by atoms with Crippen molar-refractivity contribution in [2.24, 2.45) is 46.3 Å². The second-order valence-corrected chi connectivity index (χ2v) is 18.0. The minimum Gasteiger partial charge on any atom is -0.368 e. The molecular weight excluding hydrogens is 641 g/mol. The number of amides is 2. The van der Waals surface area contributed by atoms with Crippen LogP contribution < -0.4 is 9.80 Å². The van der Waals surface area contributed by atoms with Gasteiger partial charge < -0.3 is 19.6 Å². The zero-order valence-electron chi connectivity index (χ0n) is 32.8. The molecule has 8 atom stereocenters. The Labute approximate surface area is 315 Å². The zero-order chi connectivity index (χ0) is 36.5. The molecule has 282 valence electrons. The standard InChI is InChI=1S/C46H66N4O2/c1-34(2)39-18-17-38-41-20-19-40(35(3)16-21-43(51)49-30-26-47(27-31-49)36-12-8-6-9-13-36)46(41,5)24-22-42(38)45(39,4)25-23-44(52)50-32-28-48(29-33-50)37-14-10-7-11-15-37/h6-15,35,38-42H,1,16-33H2,2-5H3/t35-,38+,39?,40-,41+,42+,45+,46-/m1/s1. The fourth-order valence-electron chi connectivity index (χ4n) is 12.6. The van der Waals surface area contributed by atoms with Gasteiger partial charge in [-0.15, -0.1) is 0 Å². The third-order valence-electron chi connectivity index (χ3n) is 15.4. The molecule has 2 aromatic carbocycles. The first-order valence-electron chi connectivity index (χ1n) is 20.9.